The predicted octanol–water partition coefficient (Wildman–Crippen LogP) is 4.96. The number of benzene rings is 1. The monoisotopic (exact) mass is 332 g/mol. The number of carbonyl (C=O) groups is 1. The average Bonchev–Trinajstić information content (AvgIpc) is 2.93. The van der Waals surface area contributed by atoms with Crippen LogP contribution in [0.1, 0.15) is 51.9 Å². The minimum atomic E-state index is -0.490. The number of carbonyl (C=O) groups excluding carboxylic acids is 1. The highest BCUT2D eigenvalue weighted by Crippen LogP contribution is 2.29. The van der Waals surface area contributed by atoms with E-state index in [4.69, 9.17) is 4.74 Å². The molecule has 4 nitrogen and oxygen atoms in total. The van der Waals surface area contributed by atoms with E-state index in [0.29, 0.717) is 0 Å². The van der Waals surface area contributed by atoms with Gasteiger partial charge in [-0.15, -0.1) is 11.3 Å². The van der Waals surface area contributed by atoms with Crippen molar-refractivity contribution < 1.29 is 9.53 Å². The van der Waals surface area contributed by atoms with E-state index in [1.54, 1.807) is 11.3 Å². The van der Waals surface area contributed by atoms with E-state index < -0.39 is 11.7 Å². The molecule has 23 heavy (non-hydrogen) atoms. The molecule has 0 fully saturated rings. The summed E-state index contributed by atoms with van der Waals surface area (Å²) >= 11 is 1.66. The second kappa shape index (κ2) is 7.13. The van der Waals surface area contributed by atoms with Crippen LogP contribution < -0.4 is 5.32 Å². The van der Waals surface area contributed by atoms with Crippen molar-refractivity contribution in [3.63, 3.8) is 0 Å². The van der Waals surface area contributed by atoms with Crippen LogP contribution in [0.3, 0.4) is 0 Å². The maximum absolute atomic E-state index is 11.8. The average molecular weight is 332 g/mol. The fourth-order valence-electron chi connectivity index (χ4n) is 2.25. The second-order valence-corrected chi connectivity index (χ2v) is 7.33. The summed E-state index contributed by atoms with van der Waals surface area (Å²) in [5, 5.41) is 2.86. The standard InChI is InChI=1S/C18H24N2O2S/c1-6-15-16(23-11-19-15)14-9-7-13(8-10-14)12(2)20-17(21)22-18(3,4)5/h7-12H,6H2,1-5H3,(H,20,21)/t12-/m0/s1. The van der Waals surface area contributed by atoms with Gasteiger partial charge in [0.05, 0.1) is 22.1 Å². The first-order chi connectivity index (χ1) is 10.8. The Balaban J connectivity index is 2.06. The summed E-state index contributed by atoms with van der Waals surface area (Å²) in [6, 6.07) is 8.13. The van der Waals surface area contributed by atoms with E-state index in [1.807, 2.05) is 45.3 Å². The smallest absolute Gasteiger partial charge is 0.408 e. The molecule has 2 aromatic rings. The van der Waals surface area contributed by atoms with Crippen molar-refractivity contribution >= 4 is 17.4 Å². The zero-order chi connectivity index (χ0) is 17.0. The molecule has 0 spiro atoms. The molecule has 0 radical (unpaired) electrons. The molecule has 1 N–H and O–H groups in total. The van der Waals surface area contributed by atoms with Crippen molar-refractivity contribution in [3.8, 4) is 10.4 Å². The Kier molecular flexibility index (Phi) is 5.42. The van der Waals surface area contributed by atoms with Gasteiger partial charge in [-0.1, -0.05) is 31.2 Å². The predicted molar refractivity (Wildman–Crippen MR) is 94.7 cm³/mol. The van der Waals surface area contributed by atoms with Gasteiger partial charge in [-0.25, -0.2) is 9.78 Å². The van der Waals surface area contributed by atoms with Crippen molar-refractivity contribution in [2.75, 3.05) is 0 Å². The Morgan fingerprint density at radius 2 is 1.96 bits per heavy atom. The quantitative estimate of drug-likeness (QED) is 0.861. The molecular weight excluding hydrogens is 308 g/mol. The normalized spacial score (nSPS) is 12.7. The molecule has 5 heteroatoms. The number of thiazole rings is 1. The molecule has 1 atom stereocenters. The van der Waals surface area contributed by atoms with Crippen molar-refractivity contribution in [3.05, 3.63) is 41.0 Å². The van der Waals surface area contributed by atoms with Crippen LogP contribution in [-0.2, 0) is 11.2 Å². The van der Waals surface area contributed by atoms with Crippen LogP contribution in [-0.4, -0.2) is 16.7 Å². The first kappa shape index (κ1) is 17.5. The molecule has 0 aliphatic rings. The minimum absolute atomic E-state index is 0.106. The molecular formula is C18H24N2O2S. The Labute approximate surface area is 141 Å². The fourth-order valence-corrected chi connectivity index (χ4v) is 3.14. The van der Waals surface area contributed by atoms with Crippen LogP contribution in [0, 0.1) is 0 Å². The maximum atomic E-state index is 11.8. The fraction of sp³-hybridized carbons (Fsp3) is 0.444. The minimum Gasteiger partial charge on any atom is -0.444 e. The third kappa shape index (κ3) is 4.79. The Morgan fingerprint density at radius 1 is 1.30 bits per heavy atom. The van der Waals surface area contributed by atoms with Gasteiger partial charge in [0.1, 0.15) is 5.60 Å². The number of rotatable bonds is 4. The molecule has 1 aromatic heterocycles. The topological polar surface area (TPSA) is 51.2 Å². The van der Waals surface area contributed by atoms with Gasteiger partial charge in [0.15, 0.2) is 0 Å². The number of hydrogen-bond acceptors (Lipinski definition) is 4. The largest absolute Gasteiger partial charge is 0.444 e. The zero-order valence-corrected chi connectivity index (χ0v) is 15.2. The molecule has 1 heterocycles. The van der Waals surface area contributed by atoms with Gasteiger partial charge in [-0.3, -0.25) is 0 Å². The van der Waals surface area contributed by atoms with Crippen molar-refractivity contribution in [1.29, 1.82) is 0 Å². The van der Waals surface area contributed by atoms with Gasteiger partial charge in [0, 0.05) is 0 Å². The number of aryl methyl sites for hydroxylation is 1. The third-order valence-electron chi connectivity index (χ3n) is 3.38. The second-order valence-electron chi connectivity index (χ2n) is 6.47. The molecule has 124 valence electrons. The Morgan fingerprint density at radius 3 is 2.52 bits per heavy atom. The van der Waals surface area contributed by atoms with E-state index in [9.17, 15) is 4.79 Å². The van der Waals surface area contributed by atoms with Crippen LogP contribution in [0.4, 0.5) is 4.79 Å². The van der Waals surface area contributed by atoms with Crippen LogP contribution in [0.15, 0.2) is 29.8 Å². The molecule has 0 aliphatic carbocycles. The van der Waals surface area contributed by atoms with Gasteiger partial charge in [-0.05, 0) is 45.2 Å². The number of nitrogens with zero attached hydrogens (tertiary/aromatic N) is 1. The number of ether oxygens (including phenoxy) is 1. The summed E-state index contributed by atoms with van der Waals surface area (Å²) in [4.78, 5) is 17.4. The summed E-state index contributed by atoms with van der Waals surface area (Å²) in [7, 11) is 0. The summed E-state index contributed by atoms with van der Waals surface area (Å²) in [6.45, 7) is 9.62. The number of nitrogens with one attached hydrogen (secondary N) is 1. The summed E-state index contributed by atoms with van der Waals surface area (Å²) in [5.41, 5.74) is 4.73. The van der Waals surface area contributed by atoms with E-state index in [2.05, 4.69) is 29.4 Å². The number of alkyl carbamates (subject to hydrolysis) is 1. The van der Waals surface area contributed by atoms with Crippen LogP contribution >= 0.6 is 11.3 Å². The highest BCUT2D eigenvalue weighted by atomic mass is 32.1. The van der Waals surface area contributed by atoms with Crippen molar-refractivity contribution in [1.82, 2.24) is 10.3 Å². The first-order valence-electron chi connectivity index (χ1n) is 7.82. The molecule has 0 unspecified atom stereocenters. The van der Waals surface area contributed by atoms with Crippen LogP contribution in [0.25, 0.3) is 10.4 Å². The molecule has 1 amide bonds. The Bertz CT molecular complexity index is 656. The maximum Gasteiger partial charge on any atom is 0.408 e. The highest BCUT2D eigenvalue weighted by molar-refractivity contribution is 7.13. The van der Waals surface area contributed by atoms with Gasteiger partial charge < -0.3 is 10.1 Å². The highest BCUT2D eigenvalue weighted by Gasteiger charge is 2.18. The zero-order valence-electron chi connectivity index (χ0n) is 14.3. The molecule has 0 saturated carbocycles. The van der Waals surface area contributed by atoms with Crippen LogP contribution in [0.2, 0.25) is 0 Å². The molecule has 1 aromatic carbocycles. The van der Waals surface area contributed by atoms with Gasteiger partial charge in [0.2, 0.25) is 0 Å². The molecule has 0 aliphatic heterocycles. The number of amides is 1. The van der Waals surface area contributed by atoms with Crippen molar-refractivity contribution in [2.24, 2.45) is 0 Å². The molecule has 2 rings (SSSR count). The van der Waals surface area contributed by atoms with E-state index in [-0.39, 0.29) is 6.04 Å². The third-order valence-corrected chi connectivity index (χ3v) is 4.30. The van der Waals surface area contributed by atoms with Crippen LogP contribution in [0.5, 0.6) is 0 Å². The van der Waals surface area contributed by atoms with E-state index >= 15 is 0 Å². The lowest BCUT2D eigenvalue weighted by Gasteiger charge is -2.22. The van der Waals surface area contributed by atoms with E-state index in [1.165, 1.54) is 4.88 Å². The van der Waals surface area contributed by atoms with Gasteiger partial charge >= 0.3 is 6.09 Å². The van der Waals surface area contributed by atoms with Crippen molar-refractivity contribution in [2.45, 2.75) is 52.7 Å². The molecule has 0 bridgehead atoms. The number of hydrogen-bond donors (Lipinski definition) is 1. The van der Waals surface area contributed by atoms with Gasteiger partial charge in [0.25, 0.3) is 0 Å². The lowest BCUT2D eigenvalue weighted by molar-refractivity contribution is 0.0508. The first-order valence-corrected chi connectivity index (χ1v) is 8.70. The summed E-state index contributed by atoms with van der Waals surface area (Å²) in [5.74, 6) is 0. The summed E-state index contributed by atoms with van der Waals surface area (Å²) in [6.07, 6.45) is 0.529. The lowest BCUT2D eigenvalue weighted by atomic mass is 10.0. The summed E-state index contributed by atoms with van der Waals surface area (Å²) < 4.78 is 5.29. The molecule has 0 saturated heterocycles. The Hall–Kier alpha value is -1.88. The lowest BCUT2D eigenvalue weighted by Crippen LogP contribution is -2.34. The van der Waals surface area contributed by atoms with Gasteiger partial charge in [-0.2, -0.15) is 0 Å². The van der Waals surface area contributed by atoms with E-state index in [0.717, 1.165) is 23.2 Å². The SMILES string of the molecule is CCc1ncsc1-c1ccc([C@H](C)NC(=O)OC(C)(C)C)cc1. The number of aromatic nitrogens is 1.